The smallest absolute Gasteiger partial charge is 0.168 e. The minimum absolute atomic E-state index is 0.0538. The fourth-order valence-electron chi connectivity index (χ4n) is 3.86. The van der Waals surface area contributed by atoms with E-state index in [0.717, 1.165) is 42.9 Å². The van der Waals surface area contributed by atoms with Gasteiger partial charge in [-0.15, -0.1) is 0 Å². The van der Waals surface area contributed by atoms with Crippen LogP contribution in [0.3, 0.4) is 0 Å². The van der Waals surface area contributed by atoms with E-state index in [-0.39, 0.29) is 5.92 Å². The number of para-hydroxylation sites is 1. The van der Waals surface area contributed by atoms with E-state index in [1.165, 1.54) is 11.3 Å². The predicted molar refractivity (Wildman–Crippen MR) is 91.3 cm³/mol. The van der Waals surface area contributed by atoms with Gasteiger partial charge in [0, 0.05) is 55.3 Å². The molecule has 0 bridgehead atoms. The second kappa shape index (κ2) is 5.37. The van der Waals surface area contributed by atoms with Gasteiger partial charge < -0.3 is 9.47 Å². The number of anilines is 1. The van der Waals surface area contributed by atoms with Gasteiger partial charge in [-0.25, -0.2) is 4.98 Å². The maximum Gasteiger partial charge on any atom is 0.168 e. The quantitative estimate of drug-likeness (QED) is 0.856. The Morgan fingerprint density at radius 2 is 2.13 bits per heavy atom. The van der Waals surface area contributed by atoms with Crippen molar-refractivity contribution in [2.75, 3.05) is 18.5 Å². The number of aromatic nitrogens is 2. The number of ketones is 1. The summed E-state index contributed by atoms with van der Waals surface area (Å²) in [6.45, 7) is 3.59. The molecule has 1 aliphatic carbocycles. The van der Waals surface area contributed by atoms with Gasteiger partial charge in [0.15, 0.2) is 5.78 Å². The first kappa shape index (κ1) is 14.2. The molecule has 2 aromatic rings. The van der Waals surface area contributed by atoms with E-state index in [9.17, 15) is 4.79 Å². The van der Waals surface area contributed by atoms with Crippen molar-refractivity contribution in [1.29, 1.82) is 0 Å². The number of likely N-dealkylation sites (N-methyl/N-ethyl adjacent to an activating group) is 1. The van der Waals surface area contributed by atoms with E-state index in [1.807, 2.05) is 25.3 Å². The van der Waals surface area contributed by atoms with Crippen LogP contribution >= 0.6 is 0 Å². The first-order valence-electron chi connectivity index (χ1n) is 8.19. The number of fused-ring (bicyclic) bond motifs is 2. The lowest BCUT2D eigenvalue weighted by Crippen LogP contribution is -2.34. The molecule has 1 aromatic heterocycles. The molecule has 1 atom stereocenters. The molecule has 0 fully saturated rings. The Bertz CT molecular complexity index is 802. The zero-order chi connectivity index (χ0) is 16.0. The molecule has 0 saturated carbocycles. The molecule has 0 spiro atoms. The second-order valence-electron chi connectivity index (χ2n) is 6.58. The summed E-state index contributed by atoms with van der Waals surface area (Å²) in [4.78, 5) is 19.7. The summed E-state index contributed by atoms with van der Waals surface area (Å²) in [5.41, 5.74) is 4.55. The molecule has 23 heavy (non-hydrogen) atoms. The molecule has 2 aliphatic rings. The number of imidazole rings is 1. The summed E-state index contributed by atoms with van der Waals surface area (Å²) >= 11 is 0. The fraction of sp³-hybridized carbons (Fsp3) is 0.368. The highest BCUT2D eigenvalue weighted by molar-refractivity contribution is 6.25. The number of nitrogens with zero attached hydrogens (tertiary/aromatic N) is 3. The summed E-state index contributed by atoms with van der Waals surface area (Å²) in [6, 6.07) is 8.26. The van der Waals surface area contributed by atoms with Crippen molar-refractivity contribution < 1.29 is 4.79 Å². The molecular formula is C19H21N3O. The maximum absolute atomic E-state index is 13.2. The van der Waals surface area contributed by atoms with Crippen molar-refractivity contribution in [2.24, 2.45) is 5.92 Å². The van der Waals surface area contributed by atoms with Crippen molar-refractivity contribution in [1.82, 2.24) is 9.55 Å². The molecule has 0 radical (unpaired) electrons. The van der Waals surface area contributed by atoms with E-state index in [1.54, 1.807) is 6.20 Å². The highest BCUT2D eigenvalue weighted by Crippen LogP contribution is 2.41. The number of carbonyl (C=O) groups is 1. The van der Waals surface area contributed by atoms with Crippen LogP contribution in [0.15, 0.2) is 42.2 Å². The Kier molecular flexibility index (Phi) is 3.33. The number of Topliss-reactive ketones (excluding diaryl/α,β-unsaturated/α-hetero) is 1. The Morgan fingerprint density at radius 1 is 1.30 bits per heavy atom. The van der Waals surface area contributed by atoms with Crippen LogP contribution in [0.4, 0.5) is 5.69 Å². The molecule has 1 unspecified atom stereocenters. The van der Waals surface area contributed by atoms with Crippen LogP contribution in [0, 0.1) is 12.8 Å². The van der Waals surface area contributed by atoms with Gasteiger partial charge in [0.1, 0.15) is 5.82 Å². The van der Waals surface area contributed by atoms with Gasteiger partial charge in [0.25, 0.3) is 0 Å². The number of hydrogen-bond acceptors (Lipinski definition) is 3. The fourth-order valence-corrected chi connectivity index (χ4v) is 3.86. The van der Waals surface area contributed by atoms with E-state index < -0.39 is 0 Å². The summed E-state index contributed by atoms with van der Waals surface area (Å²) in [5.74, 6) is 1.33. The van der Waals surface area contributed by atoms with Gasteiger partial charge in [0.05, 0.1) is 0 Å². The molecule has 1 aromatic carbocycles. The Balaban J connectivity index is 1.70. The van der Waals surface area contributed by atoms with Crippen LogP contribution in [-0.4, -0.2) is 28.9 Å². The standard InChI is InChI=1S/C19H21N3O/c1-13-20-9-10-22(13)12-15-8-7-14-11-21(2)17-6-4-3-5-16(17)18(14)19(15)23/h3-6,9-10,15H,7-8,11-12H2,1-2H3. The number of hydrogen-bond donors (Lipinski definition) is 0. The largest absolute Gasteiger partial charge is 0.370 e. The van der Waals surface area contributed by atoms with E-state index in [4.69, 9.17) is 0 Å². The SMILES string of the molecule is Cc1nccn1CC1CCC2=C(C1=O)c1ccccc1N(C)C2. The zero-order valence-corrected chi connectivity index (χ0v) is 13.6. The van der Waals surface area contributed by atoms with Crippen LogP contribution in [0.2, 0.25) is 0 Å². The Morgan fingerprint density at radius 3 is 2.91 bits per heavy atom. The lowest BCUT2D eigenvalue weighted by molar-refractivity contribution is -0.118. The Labute approximate surface area is 136 Å². The van der Waals surface area contributed by atoms with Crippen molar-refractivity contribution in [3.05, 3.63) is 53.6 Å². The van der Waals surface area contributed by atoms with E-state index in [0.29, 0.717) is 5.78 Å². The topological polar surface area (TPSA) is 38.1 Å². The number of benzene rings is 1. The molecule has 2 heterocycles. The number of rotatable bonds is 2. The molecule has 4 nitrogen and oxygen atoms in total. The molecule has 4 heteroatoms. The zero-order valence-electron chi connectivity index (χ0n) is 13.6. The lowest BCUT2D eigenvalue weighted by Gasteiger charge is -2.35. The van der Waals surface area contributed by atoms with Gasteiger partial charge in [-0.1, -0.05) is 18.2 Å². The minimum atomic E-state index is 0.0538. The summed E-state index contributed by atoms with van der Waals surface area (Å²) < 4.78 is 2.09. The first-order valence-corrected chi connectivity index (χ1v) is 8.19. The molecule has 0 saturated heterocycles. The minimum Gasteiger partial charge on any atom is -0.370 e. The third-order valence-corrected chi connectivity index (χ3v) is 5.12. The number of carbonyl (C=O) groups excluding carboxylic acids is 1. The van der Waals surface area contributed by atoms with E-state index in [2.05, 4.69) is 33.6 Å². The second-order valence-corrected chi connectivity index (χ2v) is 6.58. The summed E-state index contributed by atoms with van der Waals surface area (Å²) in [5, 5.41) is 0. The maximum atomic E-state index is 13.2. The highest BCUT2D eigenvalue weighted by Gasteiger charge is 2.34. The van der Waals surface area contributed by atoms with Crippen molar-refractivity contribution in [2.45, 2.75) is 26.3 Å². The normalized spacial score (nSPS) is 20.5. The third kappa shape index (κ3) is 2.29. The summed E-state index contributed by atoms with van der Waals surface area (Å²) in [7, 11) is 2.11. The van der Waals surface area contributed by atoms with Crippen molar-refractivity contribution >= 4 is 17.0 Å². The van der Waals surface area contributed by atoms with Crippen molar-refractivity contribution in [3.8, 4) is 0 Å². The molecule has 4 rings (SSSR count). The van der Waals surface area contributed by atoms with Crippen LogP contribution in [0.5, 0.6) is 0 Å². The monoisotopic (exact) mass is 307 g/mol. The van der Waals surface area contributed by atoms with Gasteiger partial charge in [-0.3, -0.25) is 4.79 Å². The van der Waals surface area contributed by atoms with E-state index >= 15 is 0 Å². The van der Waals surface area contributed by atoms with Gasteiger partial charge in [-0.2, -0.15) is 0 Å². The number of allylic oxidation sites excluding steroid dienone is 1. The molecule has 0 N–H and O–H groups in total. The summed E-state index contributed by atoms with van der Waals surface area (Å²) in [6.07, 6.45) is 5.72. The average Bonchev–Trinajstić information content (AvgIpc) is 2.95. The van der Waals surface area contributed by atoms with Crippen LogP contribution in [0.1, 0.15) is 24.2 Å². The Hall–Kier alpha value is -2.36. The molecular weight excluding hydrogens is 286 g/mol. The first-order chi connectivity index (χ1) is 11.1. The highest BCUT2D eigenvalue weighted by atomic mass is 16.1. The average molecular weight is 307 g/mol. The molecule has 118 valence electrons. The molecule has 1 aliphatic heterocycles. The van der Waals surface area contributed by atoms with Crippen LogP contribution in [0.25, 0.3) is 5.57 Å². The van der Waals surface area contributed by atoms with Crippen LogP contribution < -0.4 is 4.90 Å². The number of aryl methyl sites for hydroxylation is 1. The molecule has 0 amide bonds. The third-order valence-electron chi connectivity index (χ3n) is 5.12. The predicted octanol–water partition coefficient (Wildman–Crippen LogP) is 3.07. The van der Waals surface area contributed by atoms with Gasteiger partial charge >= 0.3 is 0 Å². The van der Waals surface area contributed by atoms with Gasteiger partial charge in [-0.05, 0) is 31.4 Å². The lowest BCUT2D eigenvalue weighted by atomic mass is 9.77. The van der Waals surface area contributed by atoms with Gasteiger partial charge in [0.2, 0.25) is 0 Å². The van der Waals surface area contributed by atoms with Crippen molar-refractivity contribution in [3.63, 3.8) is 0 Å². The van der Waals surface area contributed by atoms with Crippen LogP contribution in [-0.2, 0) is 11.3 Å².